The van der Waals surface area contributed by atoms with E-state index >= 15 is 0 Å². The van der Waals surface area contributed by atoms with Gasteiger partial charge in [-0.3, -0.25) is 0 Å². The van der Waals surface area contributed by atoms with Gasteiger partial charge in [-0.1, -0.05) is 12.2 Å². The molecule has 0 aromatic carbocycles. The summed E-state index contributed by atoms with van der Waals surface area (Å²) in [5.41, 5.74) is 3.97. The Kier molecular flexibility index (Phi) is 3.50. The number of hydrogen-bond acceptors (Lipinski definition) is 2. The van der Waals surface area contributed by atoms with Gasteiger partial charge in [0.1, 0.15) is 0 Å². The van der Waals surface area contributed by atoms with Crippen LogP contribution >= 0.6 is 11.3 Å². The predicted molar refractivity (Wildman–Crippen MR) is 55.6 cm³/mol. The highest BCUT2D eigenvalue weighted by molar-refractivity contribution is 7.08. The van der Waals surface area contributed by atoms with Crippen LogP contribution in [-0.4, -0.2) is 6.54 Å². The highest BCUT2D eigenvalue weighted by Gasteiger charge is 1.97. The monoisotopic (exact) mass is 181 g/mol. The highest BCUT2D eigenvalue weighted by Crippen LogP contribution is 2.12. The van der Waals surface area contributed by atoms with Gasteiger partial charge in [-0.15, -0.1) is 0 Å². The third-order valence-electron chi connectivity index (χ3n) is 1.70. The minimum absolute atomic E-state index is 0.912. The largest absolute Gasteiger partial charge is 0.309 e. The summed E-state index contributed by atoms with van der Waals surface area (Å²) < 4.78 is 0. The molecule has 1 aromatic rings. The smallest absolute Gasteiger partial charge is 0.0219 e. The van der Waals surface area contributed by atoms with Crippen LogP contribution in [0.25, 0.3) is 0 Å². The lowest BCUT2D eigenvalue weighted by molar-refractivity contribution is 0.740. The van der Waals surface area contributed by atoms with Crippen molar-refractivity contribution in [2.75, 3.05) is 6.54 Å². The van der Waals surface area contributed by atoms with Crippen LogP contribution in [0.5, 0.6) is 0 Å². The lowest BCUT2D eigenvalue weighted by Gasteiger charge is -2.02. The Hall–Kier alpha value is -0.600. The summed E-state index contributed by atoms with van der Waals surface area (Å²) in [6.07, 6.45) is 0. The molecule has 0 aliphatic heterocycles. The van der Waals surface area contributed by atoms with Crippen LogP contribution < -0.4 is 5.32 Å². The standard InChI is InChI=1S/C10H15NS/c1-8(2)4-11-5-10-7-12-6-9(10)3/h6-7,11H,1,4-5H2,2-3H3. The van der Waals surface area contributed by atoms with Crippen molar-refractivity contribution in [1.82, 2.24) is 5.32 Å². The van der Waals surface area contributed by atoms with Crippen molar-refractivity contribution in [2.24, 2.45) is 0 Å². The van der Waals surface area contributed by atoms with Crippen LogP contribution in [0.3, 0.4) is 0 Å². The van der Waals surface area contributed by atoms with Crippen molar-refractivity contribution in [3.05, 3.63) is 34.0 Å². The van der Waals surface area contributed by atoms with Gasteiger partial charge in [-0.25, -0.2) is 0 Å². The molecule has 0 amide bonds. The summed E-state index contributed by atoms with van der Waals surface area (Å²) in [5, 5.41) is 7.71. The fourth-order valence-corrected chi connectivity index (χ4v) is 1.84. The first-order valence-electron chi connectivity index (χ1n) is 4.07. The predicted octanol–water partition coefficient (Wildman–Crippen LogP) is 2.72. The molecule has 1 heterocycles. The number of thiophene rings is 1. The van der Waals surface area contributed by atoms with Gasteiger partial charge < -0.3 is 5.32 Å². The van der Waals surface area contributed by atoms with Gasteiger partial charge in [-0.2, -0.15) is 11.3 Å². The molecular weight excluding hydrogens is 166 g/mol. The number of hydrogen-bond donors (Lipinski definition) is 1. The Balaban J connectivity index is 2.33. The molecule has 0 bridgehead atoms. The van der Waals surface area contributed by atoms with Gasteiger partial charge in [0.2, 0.25) is 0 Å². The zero-order valence-electron chi connectivity index (χ0n) is 7.68. The van der Waals surface area contributed by atoms with E-state index in [-0.39, 0.29) is 0 Å². The second kappa shape index (κ2) is 4.43. The van der Waals surface area contributed by atoms with E-state index in [1.165, 1.54) is 16.7 Å². The van der Waals surface area contributed by atoms with E-state index in [4.69, 9.17) is 0 Å². The molecule has 0 saturated carbocycles. The normalized spacial score (nSPS) is 10.2. The zero-order chi connectivity index (χ0) is 8.97. The molecule has 12 heavy (non-hydrogen) atoms. The maximum absolute atomic E-state index is 3.84. The molecule has 66 valence electrons. The zero-order valence-corrected chi connectivity index (χ0v) is 8.50. The molecule has 0 aliphatic rings. The number of nitrogens with one attached hydrogen (secondary N) is 1. The minimum Gasteiger partial charge on any atom is -0.309 e. The fraction of sp³-hybridized carbons (Fsp3) is 0.400. The summed E-state index contributed by atoms with van der Waals surface area (Å²) in [5.74, 6) is 0. The maximum atomic E-state index is 3.84. The van der Waals surface area contributed by atoms with Gasteiger partial charge in [0.15, 0.2) is 0 Å². The maximum Gasteiger partial charge on any atom is 0.0219 e. The summed E-state index contributed by atoms with van der Waals surface area (Å²) >= 11 is 1.76. The van der Waals surface area contributed by atoms with Crippen LogP contribution in [0.1, 0.15) is 18.1 Å². The molecule has 0 radical (unpaired) electrons. The van der Waals surface area contributed by atoms with E-state index in [0.717, 1.165) is 13.1 Å². The summed E-state index contributed by atoms with van der Waals surface area (Å²) in [7, 11) is 0. The topological polar surface area (TPSA) is 12.0 Å². The molecule has 0 fully saturated rings. The molecule has 1 rings (SSSR count). The Morgan fingerprint density at radius 3 is 2.83 bits per heavy atom. The first-order chi connectivity index (χ1) is 5.70. The van der Waals surface area contributed by atoms with Crippen molar-refractivity contribution in [2.45, 2.75) is 20.4 Å². The van der Waals surface area contributed by atoms with Gasteiger partial charge in [0.05, 0.1) is 0 Å². The van der Waals surface area contributed by atoms with E-state index in [2.05, 4.69) is 29.6 Å². The number of aryl methyl sites for hydroxylation is 1. The molecule has 0 aliphatic carbocycles. The lowest BCUT2D eigenvalue weighted by Crippen LogP contribution is -2.15. The fourth-order valence-electron chi connectivity index (χ4n) is 0.978. The van der Waals surface area contributed by atoms with Gasteiger partial charge in [0, 0.05) is 13.1 Å². The summed E-state index contributed by atoms with van der Waals surface area (Å²) in [4.78, 5) is 0. The SMILES string of the molecule is C=C(C)CNCc1cscc1C. The van der Waals surface area contributed by atoms with E-state index in [9.17, 15) is 0 Å². The molecular formula is C10H15NS. The quantitative estimate of drug-likeness (QED) is 0.704. The number of rotatable bonds is 4. The van der Waals surface area contributed by atoms with Crippen LogP contribution in [0.4, 0.5) is 0 Å². The average Bonchev–Trinajstić information content (AvgIpc) is 2.36. The molecule has 0 saturated heterocycles. The van der Waals surface area contributed by atoms with E-state index in [1.54, 1.807) is 11.3 Å². The van der Waals surface area contributed by atoms with E-state index in [0.29, 0.717) is 0 Å². The molecule has 2 heteroatoms. The van der Waals surface area contributed by atoms with Crippen molar-refractivity contribution >= 4 is 11.3 Å². The molecule has 0 atom stereocenters. The van der Waals surface area contributed by atoms with Crippen LogP contribution in [0.2, 0.25) is 0 Å². The summed E-state index contributed by atoms with van der Waals surface area (Å²) in [6.45, 7) is 9.89. The van der Waals surface area contributed by atoms with Crippen molar-refractivity contribution in [3.63, 3.8) is 0 Å². The first kappa shape index (κ1) is 9.49. The van der Waals surface area contributed by atoms with Gasteiger partial charge >= 0.3 is 0 Å². The summed E-state index contributed by atoms with van der Waals surface area (Å²) in [6, 6.07) is 0. The minimum atomic E-state index is 0.912. The Bertz CT molecular complexity index is 263. The second-order valence-electron chi connectivity index (χ2n) is 3.14. The van der Waals surface area contributed by atoms with Crippen molar-refractivity contribution in [3.8, 4) is 0 Å². The van der Waals surface area contributed by atoms with Crippen LogP contribution in [-0.2, 0) is 6.54 Å². The highest BCUT2D eigenvalue weighted by atomic mass is 32.1. The first-order valence-corrected chi connectivity index (χ1v) is 5.01. The molecule has 1 aromatic heterocycles. The van der Waals surface area contributed by atoms with Gasteiger partial charge in [0.25, 0.3) is 0 Å². The average molecular weight is 181 g/mol. The molecule has 0 unspecified atom stereocenters. The van der Waals surface area contributed by atoms with Crippen LogP contribution in [0, 0.1) is 6.92 Å². The Labute approximate surface area is 78.1 Å². The third-order valence-corrected chi connectivity index (χ3v) is 2.61. The van der Waals surface area contributed by atoms with Crippen molar-refractivity contribution in [1.29, 1.82) is 0 Å². The molecule has 0 spiro atoms. The molecule has 1 nitrogen and oxygen atoms in total. The van der Waals surface area contributed by atoms with E-state index in [1.807, 2.05) is 6.92 Å². The Morgan fingerprint density at radius 1 is 1.58 bits per heavy atom. The lowest BCUT2D eigenvalue weighted by atomic mass is 10.2. The van der Waals surface area contributed by atoms with Crippen molar-refractivity contribution < 1.29 is 0 Å². The third kappa shape index (κ3) is 2.80. The van der Waals surface area contributed by atoms with E-state index < -0.39 is 0 Å². The second-order valence-corrected chi connectivity index (χ2v) is 3.88. The van der Waals surface area contributed by atoms with Gasteiger partial charge in [-0.05, 0) is 35.7 Å². The van der Waals surface area contributed by atoms with Crippen LogP contribution in [0.15, 0.2) is 22.9 Å². The Morgan fingerprint density at radius 2 is 2.33 bits per heavy atom. The molecule has 1 N–H and O–H groups in total.